The Bertz CT molecular complexity index is 262. The maximum Gasteiger partial charge on any atom is 0.0600 e. The molecule has 0 radical (unpaired) electrons. The Labute approximate surface area is 119 Å². The Morgan fingerprint density at radius 2 is 2.05 bits per heavy atom. The molecule has 19 heavy (non-hydrogen) atoms. The molecule has 1 aliphatic carbocycles. The van der Waals surface area contributed by atoms with Crippen LogP contribution >= 0.6 is 0 Å². The zero-order chi connectivity index (χ0) is 14.5. The summed E-state index contributed by atoms with van der Waals surface area (Å²) in [5.41, 5.74) is 6.32. The van der Waals surface area contributed by atoms with Crippen molar-refractivity contribution in [2.45, 2.75) is 71.4 Å². The number of hydrogen-bond donors (Lipinski definition) is 1. The van der Waals surface area contributed by atoms with Crippen LogP contribution in [0.1, 0.15) is 60.3 Å². The van der Waals surface area contributed by atoms with E-state index in [9.17, 15) is 0 Å². The summed E-state index contributed by atoms with van der Waals surface area (Å²) < 4.78 is 5.89. The predicted octanol–water partition coefficient (Wildman–Crippen LogP) is 3.03. The van der Waals surface area contributed by atoms with E-state index < -0.39 is 0 Å². The SMILES string of the molecule is CCN(CCOC(C)(C)C)C1(CN)CCCC(C)C1. The molecule has 0 aromatic rings. The fraction of sp³-hybridized carbons (Fsp3) is 1.00. The van der Waals surface area contributed by atoms with Crippen LogP contribution in [0.25, 0.3) is 0 Å². The van der Waals surface area contributed by atoms with E-state index in [1.165, 1.54) is 25.7 Å². The highest BCUT2D eigenvalue weighted by Gasteiger charge is 2.38. The molecule has 0 saturated heterocycles. The second-order valence-electron chi connectivity index (χ2n) is 7.17. The third kappa shape index (κ3) is 5.05. The Hall–Kier alpha value is -0.120. The van der Waals surface area contributed by atoms with Crippen LogP contribution in [0.3, 0.4) is 0 Å². The van der Waals surface area contributed by atoms with E-state index in [4.69, 9.17) is 10.5 Å². The fourth-order valence-corrected chi connectivity index (χ4v) is 3.43. The summed E-state index contributed by atoms with van der Waals surface area (Å²) >= 11 is 0. The van der Waals surface area contributed by atoms with E-state index in [1.807, 2.05) is 0 Å². The molecule has 0 bridgehead atoms. The molecular weight excluding hydrogens is 236 g/mol. The molecule has 3 nitrogen and oxygen atoms in total. The van der Waals surface area contributed by atoms with Crippen LogP contribution < -0.4 is 5.73 Å². The summed E-state index contributed by atoms with van der Waals surface area (Å²) in [6, 6.07) is 0. The summed E-state index contributed by atoms with van der Waals surface area (Å²) in [6.45, 7) is 14.6. The highest BCUT2D eigenvalue weighted by atomic mass is 16.5. The minimum Gasteiger partial charge on any atom is -0.375 e. The lowest BCUT2D eigenvalue weighted by Gasteiger charge is -2.47. The fourth-order valence-electron chi connectivity index (χ4n) is 3.43. The maximum atomic E-state index is 6.15. The van der Waals surface area contributed by atoms with Gasteiger partial charge in [0.15, 0.2) is 0 Å². The van der Waals surface area contributed by atoms with E-state index in [-0.39, 0.29) is 11.1 Å². The van der Waals surface area contributed by atoms with Crippen LogP contribution in [0, 0.1) is 5.92 Å². The van der Waals surface area contributed by atoms with Gasteiger partial charge in [0, 0.05) is 18.6 Å². The zero-order valence-corrected chi connectivity index (χ0v) is 13.7. The first-order chi connectivity index (χ1) is 8.83. The van der Waals surface area contributed by atoms with Gasteiger partial charge in [-0.2, -0.15) is 0 Å². The Morgan fingerprint density at radius 1 is 1.37 bits per heavy atom. The number of likely N-dealkylation sites (N-methyl/N-ethyl adjacent to an activating group) is 1. The summed E-state index contributed by atoms with van der Waals surface area (Å²) in [4.78, 5) is 2.56. The van der Waals surface area contributed by atoms with Crippen LogP contribution in [0.4, 0.5) is 0 Å². The molecule has 1 saturated carbocycles. The molecule has 2 unspecified atom stereocenters. The molecular formula is C16H34N2O. The van der Waals surface area contributed by atoms with E-state index in [1.54, 1.807) is 0 Å². The lowest BCUT2D eigenvalue weighted by atomic mass is 9.75. The lowest BCUT2D eigenvalue weighted by molar-refractivity contribution is -0.0366. The first kappa shape index (κ1) is 16.9. The lowest BCUT2D eigenvalue weighted by Crippen LogP contribution is -2.57. The average molecular weight is 270 g/mol. The molecule has 0 aromatic heterocycles. The first-order valence-corrected chi connectivity index (χ1v) is 7.92. The molecule has 0 heterocycles. The third-order valence-electron chi connectivity index (χ3n) is 4.40. The van der Waals surface area contributed by atoms with Crippen molar-refractivity contribution in [1.82, 2.24) is 4.90 Å². The number of rotatable bonds is 6. The van der Waals surface area contributed by atoms with E-state index in [2.05, 4.69) is 39.5 Å². The van der Waals surface area contributed by atoms with Crippen molar-refractivity contribution in [2.24, 2.45) is 11.7 Å². The summed E-state index contributed by atoms with van der Waals surface area (Å²) in [7, 11) is 0. The number of ether oxygens (including phenoxy) is 1. The monoisotopic (exact) mass is 270 g/mol. The second kappa shape index (κ2) is 7.05. The van der Waals surface area contributed by atoms with Gasteiger partial charge in [0.2, 0.25) is 0 Å². The van der Waals surface area contributed by atoms with Crippen molar-refractivity contribution >= 4 is 0 Å². The number of hydrogen-bond acceptors (Lipinski definition) is 3. The van der Waals surface area contributed by atoms with E-state index in [0.29, 0.717) is 0 Å². The summed E-state index contributed by atoms with van der Waals surface area (Å²) in [5, 5.41) is 0. The number of nitrogens with two attached hydrogens (primary N) is 1. The topological polar surface area (TPSA) is 38.5 Å². The van der Waals surface area contributed by atoms with Gasteiger partial charge in [-0.15, -0.1) is 0 Å². The molecule has 0 spiro atoms. The third-order valence-corrected chi connectivity index (χ3v) is 4.40. The molecule has 1 fully saturated rings. The predicted molar refractivity (Wildman–Crippen MR) is 82.4 cm³/mol. The normalized spacial score (nSPS) is 28.9. The van der Waals surface area contributed by atoms with Crippen LogP contribution in [-0.2, 0) is 4.74 Å². The van der Waals surface area contributed by atoms with Gasteiger partial charge in [-0.25, -0.2) is 0 Å². The standard InChI is InChI=1S/C16H34N2O/c1-6-18(10-11-19-15(3,4)5)16(13-17)9-7-8-14(2)12-16/h14H,6-13,17H2,1-5H3. The van der Waals surface area contributed by atoms with Crippen LogP contribution in [0.2, 0.25) is 0 Å². The van der Waals surface area contributed by atoms with Gasteiger partial charge in [0.25, 0.3) is 0 Å². The van der Waals surface area contributed by atoms with Crippen molar-refractivity contribution in [3.63, 3.8) is 0 Å². The van der Waals surface area contributed by atoms with E-state index in [0.717, 1.165) is 32.2 Å². The maximum absolute atomic E-state index is 6.15. The minimum absolute atomic E-state index is 0.0465. The molecule has 2 N–H and O–H groups in total. The quantitative estimate of drug-likeness (QED) is 0.806. The van der Waals surface area contributed by atoms with Crippen molar-refractivity contribution in [3.05, 3.63) is 0 Å². The molecule has 1 rings (SSSR count). The van der Waals surface area contributed by atoms with Crippen molar-refractivity contribution in [3.8, 4) is 0 Å². The smallest absolute Gasteiger partial charge is 0.0600 e. The molecule has 0 aliphatic heterocycles. The minimum atomic E-state index is -0.0465. The molecule has 0 amide bonds. The second-order valence-corrected chi connectivity index (χ2v) is 7.17. The van der Waals surface area contributed by atoms with Gasteiger partial charge in [0.05, 0.1) is 12.2 Å². The van der Waals surface area contributed by atoms with Gasteiger partial charge in [-0.3, -0.25) is 4.90 Å². The van der Waals surface area contributed by atoms with Crippen LogP contribution in [0.15, 0.2) is 0 Å². The van der Waals surface area contributed by atoms with Gasteiger partial charge >= 0.3 is 0 Å². The highest BCUT2D eigenvalue weighted by molar-refractivity contribution is 4.95. The molecule has 0 aromatic carbocycles. The zero-order valence-electron chi connectivity index (χ0n) is 13.7. The molecule has 114 valence electrons. The largest absolute Gasteiger partial charge is 0.375 e. The number of nitrogens with zero attached hydrogens (tertiary/aromatic N) is 1. The summed E-state index contributed by atoms with van der Waals surface area (Å²) in [6.07, 6.45) is 5.16. The van der Waals surface area contributed by atoms with Crippen molar-refractivity contribution in [1.29, 1.82) is 0 Å². The molecule has 2 atom stereocenters. The van der Waals surface area contributed by atoms with Gasteiger partial charge in [0.1, 0.15) is 0 Å². The van der Waals surface area contributed by atoms with E-state index >= 15 is 0 Å². The Balaban J connectivity index is 2.59. The molecule has 1 aliphatic rings. The van der Waals surface area contributed by atoms with Crippen molar-refractivity contribution in [2.75, 3.05) is 26.2 Å². The Morgan fingerprint density at radius 3 is 2.53 bits per heavy atom. The first-order valence-electron chi connectivity index (χ1n) is 7.92. The average Bonchev–Trinajstić information content (AvgIpc) is 2.33. The van der Waals surface area contributed by atoms with Crippen LogP contribution in [-0.4, -0.2) is 42.3 Å². The Kier molecular flexibility index (Phi) is 6.28. The van der Waals surface area contributed by atoms with Gasteiger partial charge in [-0.05, 0) is 46.1 Å². The summed E-state index contributed by atoms with van der Waals surface area (Å²) in [5.74, 6) is 0.801. The van der Waals surface area contributed by atoms with Crippen LogP contribution in [0.5, 0.6) is 0 Å². The van der Waals surface area contributed by atoms with Gasteiger partial charge < -0.3 is 10.5 Å². The highest BCUT2D eigenvalue weighted by Crippen LogP contribution is 2.36. The molecule has 3 heteroatoms. The van der Waals surface area contributed by atoms with Crippen molar-refractivity contribution < 1.29 is 4.74 Å². The van der Waals surface area contributed by atoms with Gasteiger partial charge in [-0.1, -0.05) is 26.7 Å².